The van der Waals surface area contributed by atoms with E-state index < -0.39 is 18.4 Å². The quantitative estimate of drug-likeness (QED) is 0.0278. The van der Waals surface area contributed by atoms with Crippen LogP contribution in [0, 0.1) is 0 Å². The third kappa shape index (κ3) is 75.7. The maximum atomic E-state index is 13.0. The predicted molar refractivity (Wildman–Crippen MR) is 397 cm³/mol. The Kier molecular flexibility index (Phi) is 73.7. The summed E-state index contributed by atoms with van der Waals surface area (Å²) < 4.78 is 23.1. The standard InChI is InChI=1S/C83H163NO8/c1-6-8-10-12-14-16-18-20-22-24-26-28-30-32-34-35-36-37-38-39-40-41-42-43-44-45-46-48-50-52-54-56-58-60-62-64-66-68-70-72-74-81(86)92-79(78-91-83(82(87)88)89-76-75-84(3,4)5)77-90-80(85)73-71-69-67-65-63-61-59-57-55-53-51-49-47-33-31-29-27-25-23-21-19-17-15-13-11-9-7-2/h79,83H,6-78H2,1-5H3/p+1. The van der Waals surface area contributed by atoms with Crippen LogP contribution < -0.4 is 0 Å². The first kappa shape index (κ1) is 90.3. The second kappa shape index (κ2) is 75.1. The Morgan fingerprint density at radius 1 is 0.283 bits per heavy atom. The fourth-order valence-electron chi connectivity index (χ4n) is 13.3. The van der Waals surface area contributed by atoms with Gasteiger partial charge in [-0.15, -0.1) is 0 Å². The Morgan fingerprint density at radius 2 is 0.489 bits per heavy atom. The van der Waals surface area contributed by atoms with Crippen LogP contribution in [0.25, 0.3) is 0 Å². The number of carbonyl (C=O) groups excluding carboxylic acids is 2. The molecule has 9 nitrogen and oxygen atoms in total. The van der Waals surface area contributed by atoms with Gasteiger partial charge in [0.2, 0.25) is 0 Å². The molecule has 0 heterocycles. The first-order valence-corrected chi connectivity index (χ1v) is 41.7. The molecule has 0 aliphatic heterocycles. The molecule has 9 heteroatoms. The molecule has 0 rings (SSSR count). The van der Waals surface area contributed by atoms with E-state index in [2.05, 4.69) is 13.8 Å². The highest BCUT2D eigenvalue weighted by molar-refractivity contribution is 5.71. The highest BCUT2D eigenvalue weighted by Crippen LogP contribution is 2.21. The van der Waals surface area contributed by atoms with E-state index in [1.54, 1.807) is 0 Å². The molecule has 0 aromatic rings. The predicted octanol–water partition coefficient (Wildman–Crippen LogP) is 26.5. The fourth-order valence-corrected chi connectivity index (χ4v) is 13.3. The molecule has 0 spiro atoms. The number of likely N-dealkylation sites (N-methyl/N-ethyl adjacent to an activating group) is 1. The molecule has 0 bridgehead atoms. The summed E-state index contributed by atoms with van der Waals surface area (Å²) in [5.41, 5.74) is 0. The van der Waals surface area contributed by atoms with E-state index in [1.165, 1.54) is 392 Å². The van der Waals surface area contributed by atoms with Gasteiger partial charge in [-0.25, -0.2) is 4.79 Å². The van der Waals surface area contributed by atoms with Crippen LogP contribution in [-0.2, 0) is 33.3 Å². The minimum atomic E-state index is -1.51. The number of nitrogens with zero attached hydrogens (tertiary/aromatic N) is 1. The van der Waals surface area contributed by atoms with Crippen molar-refractivity contribution in [2.75, 3.05) is 47.5 Å². The number of ether oxygens (including phenoxy) is 4. The van der Waals surface area contributed by atoms with Crippen LogP contribution in [0.4, 0.5) is 0 Å². The molecule has 0 saturated carbocycles. The van der Waals surface area contributed by atoms with Gasteiger partial charge in [-0.05, 0) is 12.8 Å². The number of hydrogen-bond donors (Lipinski definition) is 1. The maximum absolute atomic E-state index is 13.0. The zero-order chi connectivity index (χ0) is 66.8. The van der Waals surface area contributed by atoms with Gasteiger partial charge in [0.15, 0.2) is 6.10 Å². The SMILES string of the molecule is CCCCCCCCCCCCCCCCCCCCCCCCCCCCCCCCCCCCCCCCCCC(=O)OC(COC(=O)CCCCCCCCCCCCCCCCCCCCCCCCCCCCC)COC(OCC[N+](C)(C)C)C(=O)O. The Hall–Kier alpha value is -1.71. The lowest BCUT2D eigenvalue weighted by Crippen LogP contribution is -2.40. The number of quaternary nitrogens is 1. The van der Waals surface area contributed by atoms with Crippen molar-refractivity contribution in [3.8, 4) is 0 Å². The fraction of sp³-hybridized carbons (Fsp3) is 0.964. The van der Waals surface area contributed by atoms with E-state index in [4.69, 9.17) is 18.9 Å². The molecule has 2 atom stereocenters. The van der Waals surface area contributed by atoms with Crippen LogP contribution in [0.1, 0.15) is 457 Å². The molecule has 0 saturated heterocycles. The molecule has 0 amide bonds. The molecule has 548 valence electrons. The smallest absolute Gasteiger partial charge is 0.361 e. The number of carboxylic acids is 1. The van der Waals surface area contributed by atoms with Crippen molar-refractivity contribution < 1.29 is 42.9 Å². The van der Waals surface area contributed by atoms with Crippen molar-refractivity contribution in [1.82, 2.24) is 0 Å². The average Bonchev–Trinajstić information content (AvgIpc) is 3.53. The van der Waals surface area contributed by atoms with Crippen LogP contribution in [0.2, 0.25) is 0 Å². The van der Waals surface area contributed by atoms with Crippen molar-refractivity contribution in [2.24, 2.45) is 0 Å². The van der Waals surface area contributed by atoms with Crippen molar-refractivity contribution >= 4 is 17.9 Å². The summed E-state index contributed by atoms with van der Waals surface area (Å²) in [6.07, 6.45) is 90.0. The molecular weight excluding hydrogens is 1140 g/mol. The number of rotatable bonds is 80. The molecule has 2 unspecified atom stereocenters. The third-order valence-electron chi connectivity index (χ3n) is 19.6. The number of hydrogen-bond acceptors (Lipinski definition) is 7. The van der Waals surface area contributed by atoms with Gasteiger partial charge in [-0.3, -0.25) is 9.59 Å². The topological polar surface area (TPSA) is 108 Å². The van der Waals surface area contributed by atoms with E-state index in [9.17, 15) is 19.5 Å². The lowest BCUT2D eigenvalue weighted by Gasteiger charge is -2.25. The van der Waals surface area contributed by atoms with Crippen molar-refractivity contribution in [3.63, 3.8) is 0 Å². The summed E-state index contributed by atoms with van der Waals surface area (Å²) in [5.74, 6) is -1.96. The summed E-state index contributed by atoms with van der Waals surface area (Å²) in [6.45, 7) is 4.99. The first-order chi connectivity index (χ1) is 45.1. The maximum Gasteiger partial charge on any atom is 0.361 e. The minimum Gasteiger partial charge on any atom is -0.477 e. The Bertz CT molecular complexity index is 1470. The molecule has 0 radical (unpaired) electrons. The van der Waals surface area contributed by atoms with Crippen LogP contribution in [0.15, 0.2) is 0 Å². The summed E-state index contributed by atoms with van der Waals surface area (Å²) in [4.78, 5) is 37.7. The average molecular weight is 1300 g/mol. The number of carbonyl (C=O) groups is 3. The zero-order valence-corrected chi connectivity index (χ0v) is 63.0. The number of unbranched alkanes of at least 4 members (excludes halogenated alkanes) is 65. The van der Waals surface area contributed by atoms with E-state index in [0.29, 0.717) is 17.4 Å². The first-order valence-electron chi connectivity index (χ1n) is 41.7. The van der Waals surface area contributed by atoms with Gasteiger partial charge in [0.25, 0.3) is 6.29 Å². The molecular formula is C83H164NO8+. The van der Waals surface area contributed by atoms with Crippen molar-refractivity contribution in [1.29, 1.82) is 0 Å². The monoisotopic (exact) mass is 1300 g/mol. The van der Waals surface area contributed by atoms with Crippen LogP contribution >= 0.6 is 0 Å². The van der Waals surface area contributed by atoms with E-state index in [-0.39, 0.29) is 38.2 Å². The van der Waals surface area contributed by atoms with Crippen molar-refractivity contribution in [2.45, 2.75) is 469 Å². The van der Waals surface area contributed by atoms with Gasteiger partial charge in [0.1, 0.15) is 13.2 Å². The summed E-state index contributed by atoms with van der Waals surface area (Å²) in [7, 11) is 6.01. The minimum absolute atomic E-state index is 0.172. The second-order valence-corrected chi connectivity index (χ2v) is 30.2. The Balaban J connectivity index is 3.90. The Morgan fingerprint density at radius 3 is 0.696 bits per heavy atom. The molecule has 0 aliphatic rings. The lowest BCUT2D eigenvalue weighted by molar-refractivity contribution is -0.870. The van der Waals surface area contributed by atoms with Crippen LogP contribution in [0.3, 0.4) is 0 Å². The van der Waals surface area contributed by atoms with Gasteiger partial charge in [0.05, 0.1) is 34.4 Å². The summed E-state index contributed by atoms with van der Waals surface area (Å²) >= 11 is 0. The zero-order valence-electron chi connectivity index (χ0n) is 63.0. The van der Waals surface area contributed by atoms with Gasteiger partial charge in [0, 0.05) is 12.8 Å². The highest BCUT2D eigenvalue weighted by atomic mass is 16.7. The number of carboxylic acid groups (broad SMARTS) is 1. The lowest BCUT2D eigenvalue weighted by atomic mass is 10.0. The van der Waals surface area contributed by atoms with Gasteiger partial charge < -0.3 is 28.5 Å². The normalized spacial score (nSPS) is 12.5. The molecule has 0 fully saturated rings. The van der Waals surface area contributed by atoms with Gasteiger partial charge in [-0.2, -0.15) is 0 Å². The molecule has 0 aliphatic carbocycles. The Labute approximate surface area is 574 Å². The summed E-state index contributed by atoms with van der Waals surface area (Å²) in [5, 5.41) is 9.77. The van der Waals surface area contributed by atoms with E-state index in [0.717, 1.165) is 38.5 Å². The highest BCUT2D eigenvalue weighted by Gasteiger charge is 2.25. The largest absolute Gasteiger partial charge is 0.477 e. The van der Waals surface area contributed by atoms with Crippen LogP contribution in [-0.4, -0.2) is 87.4 Å². The van der Waals surface area contributed by atoms with E-state index in [1.807, 2.05) is 21.1 Å². The molecule has 1 N–H and O–H groups in total. The second-order valence-electron chi connectivity index (χ2n) is 30.2. The van der Waals surface area contributed by atoms with Crippen molar-refractivity contribution in [3.05, 3.63) is 0 Å². The number of esters is 2. The van der Waals surface area contributed by atoms with Gasteiger partial charge >= 0.3 is 17.9 Å². The van der Waals surface area contributed by atoms with Crippen LogP contribution in [0.5, 0.6) is 0 Å². The van der Waals surface area contributed by atoms with E-state index >= 15 is 0 Å². The molecule has 92 heavy (non-hydrogen) atoms. The van der Waals surface area contributed by atoms with Gasteiger partial charge in [-0.1, -0.05) is 431 Å². The molecule has 0 aromatic carbocycles. The molecule has 0 aromatic heterocycles. The number of aliphatic carboxylic acids is 1. The third-order valence-corrected chi connectivity index (χ3v) is 19.6. The summed E-state index contributed by atoms with van der Waals surface area (Å²) in [6, 6.07) is 0.